The van der Waals surface area contributed by atoms with Crippen LogP contribution in [0.25, 0.3) is 0 Å². The van der Waals surface area contributed by atoms with Crippen molar-refractivity contribution in [1.82, 2.24) is 20.4 Å². The highest BCUT2D eigenvalue weighted by Gasteiger charge is 2.04. The van der Waals surface area contributed by atoms with Gasteiger partial charge in [0.05, 0.1) is 12.2 Å². The molecule has 1 heterocycles. The first-order valence-electron chi connectivity index (χ1n) is 8.46. The number of nitrogens with one attached hydrogen (secondary N) is 2. The number of aryl methyl sites for hydroxylation is 1. The highest BCUT2D eigenvalue weighted by atomic mass is 127. The second kappa shape index (κ2) is 11.7. The van der Waals surface area contributed by atoms with E-state index in [1.54, 1.807) is 13.2 Å². The molecule has 0 aliphatic heterocycles. The summed E-state index contributed by atoms with van der Waals surface area (Å²) in [5.74, 6) is 0.818. The van der Waals surface area contributed by atoms with Gasteiger partial charge in [-0.25, -0.2) is 0 Å². The van der Waals surface area contributed by atoms with Gasteiger partial charge in [0.1, 0.15) is 0 Å². The smallest absolute Gasteiger partial charge is 0.191 e. The molecular weight excluding hydrogens is 427 g/mol. The molecule has 0 aliphatic carbocycles. The number of aliphatic imine (C=N–C) groups is 1. The number of guanidine groups is 1. The third-order valence-corrected chi connectivity index (χ3v) is 3.98. The molecule has 6 nitrogen and oxygen atoms in total. The SMILES string of the molecule is CCN(CCCNC(=NC)NCc1ccnn1C)c1ccccc1.I. The number of benzene rings is 1. The Kier molecular flexibility index (Phi) is 9.98. The molecule has 0 saturated heterocycles. The van der Waals surface area contributed by atoms with Gasteiger partial charge >= 0.3 is 0 Å². The standard InChI is InChI=1S/C18H28N6.HI/c1-4-24(16-9-6-5-7-10-16)14-8-12-20-18(19-2)21-15-17-11-13-22-23(17)3;/h5-7,9-11,13H,4,8,12,14-15H2,1-3H3,(H2,19,20,21);1H. The number of nitrogens with zero attached hydrogens (tertiary/aromatic N) is 4. The van der Waals surface area contributed by atoms with Crippen molar-refractivity contribution in [3.8, 4) is 0 Å². The number of hydrogen-bond donors (Lipinski definition) is 2. The summed E-state index contributed by atoms with van der Waals surface area (Å²) >= 11 is 0. The van der Waals surface area contributed by atoms with Gasteiger partial charge in [0.2, 0.25) is 0 Å². The summed E-state index contributed by atoms with van der Waals surface area (Å²) in [6.07, 6.45) is 2.85. The largest absolute Gasteiger partial charge is 0.372 e. The van der Waals surface area contributed by atoms with Crippen LogP contribution in [-0.2, 0) is 13.6 Å². The maximum Gasteiger partial charge on any atom is 0.191 e. The summed E-state index contributed by atoms with van der Waals surface area (Å²) < 4.78 is 1.86. The minimum absolute atomic E-state index is 0. The number of halogens is 1. The molecule has 0 atom stereocenters. The zero-order chi connectivity index (χ0) is 17.2. The monoisotopic (exact) mass is 456 g/mol. The molecule has 25 heavy (non-hydrogen) atoms. The zero-order valence-corrected chi connectivity index (χ0v) is 17.6. The van der Waals surface area contributed by atoms with Crippen molar-refractivity contribution in [2.45, 2.75) is 19.9 Å². The van der Waals surface area contributed by atoms with E-state index in [9.17, 15) is 0 Å². The third-order valence-electron chi connectivity index (χ3n) is 3.98. The molecule has 0 spiro atoms. The second-order valence-electron chi connectivity index (χ2n) is 5.57. The first-order chi connectivity index (χ1) is 11.7. The lowest BCUT2D eigenvalue weighted by atomic mass is 10.2. The molecule has 1 aromatic heterocycles. The van der Waals surface area contributed by atoms with Crippen LogP contribution in [0.2, 0.25) is 0 Å². The van der Waals surface area contributed by atoms with Gasteiger partial charge in [-0.05, 0) is 31.5 Å². The Labute approximate surface area is 167 Å². The van der Waals surface area contributed by atoms with E-state index in [4.69, 9.17) is 0 Å². The molecule has 0 fully saturated rings. The Hall–Kier alpha value is -1.77. The summed E-state index contributed by atoms with van der Waals surface area (Å²) in [4.78, 5) is 6.65. The van der Waals surface area contributed by atoms with Gasteiger partial charge in [-0.15, -0.1) is 24.0 Å². The molecular formula is C18H29IN6. The van der Waals surface area contributed by atoms with E-state index < -0.39 is 0 Å². The van der Waals surface area contributed by atoms with E-state index in [1.165, 1.54) is 5.69 Å². The molecule has 138 valence electrons. The lowest BCUT2D eigenvalue weighted by molar-refractivity contribution is 0.675. The van der Waals surface area contributed by atoms with E-state index in [1.807, 2.05) is 17.8 Å². The Morgan fingerprint density at radius 2 is 1.96 bits per heavy atom. The van der Waals surface area contributed by atoms with E-state index in [0.29, 0.717) is 6.54 Å². The highest BCUT2D eigenvalue weighted by Crippen LogP contribution is 2.12. The number of rotatable bonds is 8. The van der Waals surface area contributed by atoms with Gasteiger partial charge in [-0.1, -0.05) is 18.2 Å². The maximum absolute atomic E-state index is 4.26. The van der Waals surface area contributed by atoms with Crippen molar-refractivity contribution >= 4 is 35.6 Å². The Morgan fingerprint density at radius 1 is 1.20 bits per heavy atom. The fraction of sp³-hybridized carbons (Fsp3) is 0.444. The normalized spacial score (nSPS) is 10.9. The average molecular weight is 456 g/mol. The van der Waals surface area contributed by atoms with Gasteiger partial charge in [0, 0.05) is 45.6 Å². The summed E-state index contributed by atoms with van der Waals surface area (Å²) in [6.45, 7) is 5.81. The molecule has 0 bridgehead atoms. The van der Waals surface area contributed by atoms with Crippen LogP contribution in [0.4, 0.5) is 5.69 Å². The van der Waals surface area contributed by atoms with Crippen molar-refractivity contribution in [3.63, 3.8) is 0 Å². The van der Waals surface area contributed by atoms with Crippen LogP contribution in [0.5, 0.6) is 0 Å². The molecule has 0 aliphatic rings. The maximum atomic E-state index is 4.26. The molecule has 2 aromatic rings. The molecule has 2 rings (SSSR count). The van der Waals surface area contributed by atoms with Crippen LogP contribution in [0, 0.1) is 0 Å². The van der Waals surface area contributed by atoms with Gasteiger partial charge < -0.3 is 15.5 Å². The fourth-order valence-electron chi connectivity index (χ4n) is 2.55. The first kappa shape index (κ1) is 21.3. The summed E-state index contributed by atoms with van der Waals surface area (Å²) in [7, 11) is 3.73. The van der Waals surface area contributed by atoms with Crippen LogP contribution in [0.1, 0.15) is 19.0 Å². The van der Waals surface area contributed by atoms with Gasteiger partial charge in [0.15, 0.2) is 5.96 Å². The van der Waals surface area contributed by atoms with Crippen molar-refractivity contribution in [1.29, 1.82) is 0 Å². The van der Waals surface area contributed by atoms with Crippen LogP contribution in [0.3, 0.4) is 0 Å². The van der Waals surface area contributed by atoms with E-state index in [0.717, 1.165) is 37.7 Å². The van der Waals surface area contributed by atoms with E-state index in [-0.39, 0.29) is 24.0 Å². The van der Waals surface area contributed by atoms with Gasteiger partial charge in [-0.2, -0.15) is 5.10 Å². The Balaban J connectivity index is 0.00000312. The van der Waals surface area contributed by atoms with E-state index in [2.05, 4.69) is 62.9 Å². The van der Waals surface area contributed by atoms with Crippen molar-refractivity contribution in [2.24, 2.45) is 12.0 Å². The van der Waals surface area contributed by atoms with Crippen molar-refractivity contribution in [3.05, 3.63) is 48.3 Å². The summed E-state index contributed by atoms with van der Waals surface area (Å²) in [5, 5.41) is 10.8. The van der Waals surface area contributed by atoms with Gasteiger partial charge in [0.25, 0.3) is 0 Å². The molecule has 1 aromatic carbocycles. The molecule has 0 unspecified atom stereocenters. The minimum atomic E-state index is 0. The van der Waals surface area contributed by atoms with Crippen LogP contribution >= 0.6 is 24.0 Å². The first-order valence-corrected chi connectivity index (χ1v) is 8.46. The minimum Gasteiger partial charge on any atom is -0.372 e. The highest BCUT2D eigenvalue weighted by molar-refractivity contribution is 14.0. The Morgan fingerprint density at radius 3 is 2.56 bits per heavy atom. The molecule has 2 N–H and O–H groups in total. The summed E-state index contributed by atoms with van der Waals surface area (Å²) in [6, 6.07) is 12.5. The lowest BCUT2D eigenvalue weighted by Crippen LogP contribution is -2.38. The molecule has 0 amide bonds. The predicted molar refractivity (Wildman–Crippen MR) is 116 cm³/mol. The number of hydrogen-bond acceptors (Lipinski definition) is 3. The Bertz CT molecular complexity index is 626. The molecule has 7 heteroatoms. The third kappa shape index (κ3) is 6.93. The number of para-hydroxylation sites is 1. The molecule has 0 saturated carbocycles. The zero-order valence-electron chi connectivity index (χ0n) is 15.3. The summed E-state index contributed by atoms with van der Waals surface area (Å²) in [5.41, 5.74) is 2.40. The quantitative estimate of drug-likeness (QED) is 0.278. The molecule has 0 radical (unpaired) electrons. The number of anilines is 1. The van der Waals surface area contributed by atoms with Crippen LogP contribution in [-0.4, -0.2) is 42.4 Å². The average Bonchev–Trinajstić information content (AvgIpc) is 3.03. The van der Waals surface area contributed by atoms with Crippen LogP contribution < -0.4 is 15.5 Å². The van der Waals surface area contributed by atoms with Gasteiger partial charge in [-0.3, -0.25) is 9.67 Å². The second-order valence-corrected chi connectivity index (χ2v) is 5.57. The fourth-order valence-corrected chi connectivity index (χ4v) is 2.55. The van der Waals surface area contributed by atoms with Crippen molar-refractivity contribution < 1.29 is 0 Å². The van der Waals surface area contributed by atoms with Crippen molar-refractivity contribution in [2.75, 3.05) is 31.6 Å². The lowest BCUT2D eigenvalue weighted by Gasteiger charge is -2.23. The topological polar surface area (TPSA) is 57.5 Å². The number of aromatic nitrogens is 2. The predicted octanol–water partition coefficient (Wildman–Crippen LogP) is 2.62. The van der Waals surface area contributed by atoms with E-state index >= 15 is 0 Å². The van der Waals surface area contributed by atoms with Crippen LogP contribution in [0.15, 0.2) is 47.6 Å².